The lowest BCUT2D eigenvalue weighted by Gasteiger charge is -1.98. The van der Waals surface area contributed by atoms with E-state index in [1.54, 1.807) is 0 Å². The average Bonchev–Trinajstić information content (AvgIpc) is 1.92. The van der Waals surface area contributed by atoms with Crippen molar-refractivity contribution in [3.05, 3.63) is 27.7 Å². The third-order valence-electron chi connectivity index (χ3n) is 1.19. The van der Waals surface area contributed by atoms with Gasteiger partial charge in [0.1, 0.15) is 0 Å². The zero-order valence-electron chi connectivity index (χ0n) is 6.07. The molecule has 0 radical (unpaired) electrons. The van der Waals surface area contributed by atoms with Crippen LogP contribution in [0.25, 0.3) is 0 Å². The minimum absolute atomic E-state index is 0. The van der Waals surface area contributed by atoms with Gasteiger partial charge in [0.2, 0.25) is 0 Å². The Morgan fingerprint density at radius 3 is 2.31 bits per heavy atom. The highest BCUT2D eigenvalue weighted by Gasteiger charge is 2.10. The van der Waals surface area contributed by atoms with Crippen molar-refractivity contribution in [2.75, 3.05) is 0 Å². The van der Waals surface area contributed by atoms with Crippen LogP contribution < -0.4 is 0 Å². The first-order chi connectivity index (χ1) is 5.41. The summed E-state index contributed by atoms with van der Waals surface area (Å²) in [5, 5.41) is 0.391. The molecule has 0 aliphatic heterocycles. The Labute approximate surface area is 95.4 Å². The SMILES string of the molecule is Cl.O=S(=O)(O)c1ccc(Cl)c(Br)c1. The van der Waals surface area contributed by atoms with Crippen molar-refractivity contribution in [3.63, 3.8) is 0 Å². The number of benzene rings is 1. The molecular formula is C6H5BrCl2O3S. The maximum absolute atomic E-state index is 10.6. The molecule has 0 saturated heterocycles. The van der Waals surface area contributed by atoms with Crippen LogP contribution in [0.2, 0.25) is 5.02 Å². The highest BCUT2D eigenvalue weighted by molar-refractivity contribution is 9.10. The molecule has 0 fully saturated rings. The molecule has 13 heavy (non-hydrogen) atoms. The van der Waals surface area contributed by atoms with Crippen LogP contribution in [0.4, 0.5) is 0 Å². The molecule has 0 heterocycles. The maximum atomic E-state index is 10.6. The fraction of sp³-hybridized carbons (Fsp3) is 0. The van der Waals surface area contributed by atoms with E-state index < -0.39 is 10.1 Å². The summed E-state index contributed by atoms with van der Waals surface area (Å²) in [4.78, 5) is -0.182. The molecule has 0 aromatic heterocycles. The van der Waals surface area contributed by atoms with Gasteiger partial charge in [-0.3, -0.25) is 4.55 Å². The second-order valence-corrected chi connectivity index (χ2v) is 4.73. The highest BCUT2D eigenvalue weighted by Crippen LogP contribution is 2.24. The van der Waals surface area contributed by atoms with Gasteiger partial charge >= 0.3 is 0 Å². The Hall–Kier alpha value is 0.190. The van der Waals surface area contributed by atoms with Gasteiger partial charge in [-0.15, -0.1) is 12.4 Å². The molecular weight excluding hydrogens is 303 g/mol. The summed E-state index contributed by atoms with van der Waals surface area (Å²) in [7, 11) is -4.13. The summed E-state index contributed by atoms with van der Waals surface area (Å²) in [5.74, 6) is 0. The van der Waals surface area contributed by atoms with Crippen LogP contribution >= 0.6 is 39.9 Å². The minimum Gasteiger partial charge on any atom is -0.282 e. The highest BCUT2D eigenvalue weighted by atomic mass is 79.9. The Bertz CT molecular complexity index is 404. The maximum Gasteiger partial charge on any atom is 0.294 e. The molecule has 3 nitrogen and oxygen atoms in total. The standard InChI is InChI=1S/C6H4BrClO3S.ClH/c7-5-3-4(12(9,10)11)1-2-6(5)8;/h1-3H,(H,9,10,11);1H. The zero-order valence-corrected chi connectivity index (χ0v) is 10.0. The van der Waals surface area contributed by atoms with Crippen LogP contribution in [0.5, 0.6) is 0 Å². The molecule has 0 aliphatic carbocycles. The first kappa shape index (κ1) is 13.2. The van der Waals surface area contributed by atoms with E-state index in [0.717, 1.165) is 0 Å². The van der Waals surface area contributed by atoms with Crippen LogP contribution in [-0.4, -0.2) is 13.0 Å². The lowest BCUT2D eigenvalue weighted by Crippen LogP contribution is -1.97. The molecule has 0 saturated carbocycles. The molecule has 0 unspecified atom stereocenters. The van der Waals surface area contributed by atoms with Crippen molar-refractivity contribution in [3.8, 4) is 0 Å². The molecule has 1 N–H and O–H groups in total. The van der Waals surface area contributed by atoms with Crippen LogP contribution in [-0.2, 0) is 10.1 Å². The largest absolute Gasteiger partial charge is 0.294 e. The van der Waals surface area contributed by atoms with Gasteiger partial charge in [0.25, 0.3) is 10.1 Å². The summed E-state index contributed by atoms with van der Waals surface area (Å²) in [6.07, 6.45) is 0. The molecule has 1 aromatic carbocycles. The topological polar surface area (TPSA) is 54.4 Å². The fourth-order valence-corrected chi connectivity index (χ4v) is 1.79. The monoisotopic (exact) mass is 306 g/mol. The minimum atomic E-state index is -4.13. The van der Waals surface area contributed by atoms with E-state index in [1.807, 2.05) is 0 Å². The van der Waals surface area contributed by atoms with Gasteiger partial charge < -0.3 is 0 Å². The van der Waals surface area contributed by atoms with Crippen molar-refractivity contribution in [1.29, 1.82) is 0 Å². The summed E-state index contributed by atoms with van der Waals surface area (Å²) in [5.41, 5.74) is 0. The van der Waals surface area contributed by atoms with E-state index in [1.165, 1.54) is 18.2 Å². The second kappa shape index (κ2) is 4.61. The predicted molar refractivity (Wildman–Crippen MR) is 56.2 cm³/mol. The van der Waals surface area contributed by atoms with Crippen LogP contribution in [0.3, 0.4) is 0 Å². The van der Waals surface area contributed by atoms with Crippen molar-refractivity contribution < 1.29 is 13.0 Å². The van der Waals surface area contributed by atoms with Gasteiger partial charge in [-0.2, -0.15) is 8.42 Å². The molecule has 0 spiro atoms. The first-order valence-electron chi connectivity index (χ1n) is 2.84. The lowest BCUT2D eigenvalue weighted by molar-refractivity contribution is 0.483. The summed E-state index contributed by atoms with van der Waals surface area (Å²) < 4.78 is 30.2. The van der Waals surface area contributed by atoms with E-state index in [4.69, 9.17) is 16.2 Å². The molecule has 1 rings (SSSR count). The molecule has 1 aromatic rings. The van der Waals surface area contributed by atoms with Crippen LogP contribution in [0.1, 0.15) is 0 Å². The van der Waals surface area contributed by atoms with Gasteiger partial charge in [-0.25, -0.2) is 0 Å². The second-order valence-electron chi connectivity index (χ2n) is 2.05. The fourth-order valence-electron chi connectivity index (χ4n) is 0.637. The van der Waals surface area contributed by atoms with E-state index in [0.29, 0.717) is 9.50 Å². The summed E-state index contributed by atoms with van der Waals surface area (Å²) in [6.45, 7) is 0. The van der Waals surface area contributed by atoms with E-state index in [2.05, 4.69) is 15.9 Å². The van der Waals surface area contributed by atoms with E-state index >= 15 is 0 Å². The van der Waals surface area contributed by atoms with Gasteiger partial charge in [0.05, 0.1) is 9.92 Å². The van der Waals surface area contributed by atoms with E-state index in [-0.39, 0.29) is 17.3 Å². The smallest absolute Gasteiger partial charge is 0.282 e. The quantitative estimate of drug-likeness (QED) is 0.812. The van der Waals surface area contributed by atoms with Gasteiger partial charge in [0, 0.05) is 4.47 Å². The molecule has 74 valence electrons. The summed E-state index contributed by atoms with van der Waals surface area (Å²) >= 11 is 8.64. The molecule has 0 aliphatic rings. The van der Waals surface area contributed by atoms with Crippen molar-refractivity contribution >= 4 is 50.1 Å². The van der Waals surface area contributed by atoms with Gasteiger partial charge in [-0.05, 0) is 34.1 Å². The third-order valence-corrected chi connectivity index (χ3v) is 3.25. The van der Waals surface area contributed by atoms with Crippen LogP contribution in [0.15, 0.2) is 27.6 Å². The van der Waals surface area contributed by atoms with Crippen molar-refractivity contribution in [2.24, 2.45) is 0 Å². The Balaban J connectivity index is 0.00000144. The molecule has 0 amide bonds. The first-order valence-corrected chi connectivity index (χ1v) is 5.45. The van der Waals surface area contributed by atoms with Crippen molar-refractivity contribution in [1.82, 2.24) is 0 Å². The number of hydrogen-bond acceptors (Lipinski definition) is 2. The van der Waals surface area contributed by atoms with Gasteiger partial charge in [0.15, 0.2) is 0 Å². The Morgan fingerprint density at radius 1 is 1.38 bits per heavy atom. The average molecular weight is 308 g/mol. The number of halogens is 3. The third kappa shape index (κ3) is 3.44. The zero-order chi connectivity index (χ0) is 9.35. The molecule has 7 heteroatoms. The number of rotatable bonds is 1. The molecule has 0 bridgehead atoms. The normalized spacial score (nSPS) is 10.7. The van der Waals surface area contributed by atoms with E-state index in [9.17, 15) is 8.42 Å². The number of hydrogen-bond donors (Lipinski definition) is 1. The Morgan fingerprint density at radius 2 is 1.92 bits per heavy atom. The predicted octanol–water partition coefficient (Wildman–Crippen LogP) is 2.77. The van der Waals surface area contributed by atoms with Gasteiger partial charge in [-0.1, -0.05) is 11.6 Å². The summed E-state index contributed by atoms with van der Waals surface area (Å²) in [6, 6.07) is 3.84. The lowest BCUT2D eigenvalue weighted by atomic mass is 10.4. The van der Waals surface area contributed by atoms with Crippen molar-refractivity contribution in [2.45, 2.75) is 4.90 Å². The van der Waals surface area contributed by atoms with Crippen LogP contribution in [0, 0.1) is 0 Å². The molecule has 0 atom stereocenters. The Kier molecular flexibility index (Phi) is 4.68.